The van der Waals surface area contributed by atoms with Crippen LogP contribution in [0, 0.1) is 5.92 Å². The molecular formula is C16H28ClN3S. The smallest absolute Gasteiger partial charge is 0.0928 e. The molecule has 0 radical (unpaired) electrons. The molecule has 0 N–H and O–H groups in total. The van der Waals surface area contributed by atoms with Crippen molar-refractivity contribution < 1.29 is 0 Å². The van der Waals surface area contributed by atoms with Gasteiger partial charge in [0.05, 0.1) is 16.6 Å². The van der Waals surface area contributed by atoms with Gasteiger partial charge in [0, 0.05) is 38.1 Å². The number of aryl methyl sites for hydroxylation is 1. The van der Waals surface area contributed by atoms with Gasteiger partial charge in [0.1, 0.15) is 0 Å². The van der Waals surface area contributed by atoms with E-state index >= 15 is 0 Å². The van der Waals surface area contributed by atoms with Crippen molar-refractivity contribution in [3.8, 4) is 0 Å². The van der Waals surface area contributed by atoms with E-state index in [1.165, 1.54) is 57.1 Å². The average Bonchev–Trinajstić information content (AvgIpc) is 2.93. The Morgan fingerprint density at radius 2 is 1.90 bits per heavy atom. The van der Waals surface area contributed by atoms with E-state index in [0.717, 1.165) is 18.0 Å². The Hall–Kier alpha value is -0.160. The predicted octanol–water partition coefficient (Wildman–Crippen LogP) is 3.48. The first-order valence-electron chi connectivity index (χ1n) is 8.11. The van der Waals surface area contributed by atoms with Gasteiger partial charge in [-0.25, -0.2) is 4.98 Å². The maximum absolute atomic E-state index is 5.78. The van der Waals surface area contributed by atoms with Crippen LogP contribution < -0.4 is 0 Å². The third kappa shape index (κ3) is 6.23. The van der Waals surface area contributed by atoms with Crippen LogP contribution in [0.2, 0.25) is 0 Å². The number of halogens is 1. The molecule has 1 aromatic rings. The number of thiazole rings is 1. The van der Waals surface area contributed by atoms with Gasteiger partial charge in [-0.3, -0.25) is 0 Å². The molecule has 0 unspecified atom stereocenters. The fourth-order valence-corrected chi connectivity index (χ4v) is 3.92. The quantitative estimate of drug-likeness (QED) is 0.537. The van der Waals surface area contributed by atoms with Crippen molar-refractivity contribution in [3.63, 3.8) is 0 Å². The topological polar surface area (TPSA) is 19.4 Å². The molecule has 5 heteroatoms. The highest BCUT2D eigenvalue weighted by atomic mass is 35.5. The van der Waals surface area contributed by atoms with Crippen molar-refractivity contribution in [1.82, 2.24) is 14.8 Å². The summed E-state index contributed by atoms with van der Waals surface area (Å²) in [6.07, 6.45) is 3.62. The molecule has 0 spiro atoms. The molecule has 2 heterocycles. The molecular weight excluding hydrogens is 302 g/mol. The fourth-order valence-electron chi connectivity index (χ4n) is 2.85. The molecule has 0 aromatic carbocycles. The first-order chi connectivity index (χ1) is 10.2. The predicted molar refractivity (Wildman–Crippen MR) is 92.3 cm³/mol. The van der Waals surface area contributed by atoms with E-state index < -0.39 is 0 Å². The van der Waals surface area contributed by atoms with Gasteiger partial charge >= 0.3 is 0 Å². The molecule has 1 fully saturated rings. The minimum Gasteiger partial charge on any atom is -0.301 e. The number of alkyl halides is 1. The van der Waals surface area contributed by atoms with Gasteiger partial charge in [-0.1, -0.05) is 13.8 Å². The number of aromatic nitrogens is 1. The molecule has 1 aromatic heterocycles. The zero-order chi connectivity index (χ0) is 15.1. The zero-order valence-corrected chi connectivity index (χ0v) is 14.9. The summed E-state index contributed by atoms with van der Waals surface area (Å²) in [4.78, 5) is 9.73. The maximum atomic E-state index is 5.78. The normalized spacial score (nSPS) is 17.7. The van der Waals surface area contributed by atoms with Crippen LogP contribution in [0.25, 0.3) is 0 Å². The van der Waals surface area contributed by atoms with Gasteiger partial charge < -0.3 is 9.80 Å². The van der Waals surface area contributed by atoms with Crippen LogP contribution in [-0.2, 0) is 12.3 Å². The minimum atomic E-state index is 0.539. The van der Waals surface area contributed by atoms with Gasteiger partial charge in [-0.2, -0.15) is 0 Å². The van der Waals surface area contributed by atoms with Crippen LogP contribution in [0.4, 0.5) is 0 Å². The SMILES string of the molecule is CC(C)CN1CCN(CCCCc2nc(CCl)cs2)CC1. The third-order valence-electron chi connectivity index (χ3n) is 3.94. The Morgan fingerprint density at radius 1 is 1.19 bits per heavy atom. The summed E-state index contributed by atoms with van der Waals surface area (Å²) in [6, 6.07) is 0. The number of piperazine rings is 1. The molecule has 0 amide bonds. The monoisotopic (exact) mass is 329 g/mol. The van der Waals surface area contributed by atoms with Crippen molar-refractivity contribution in [2.75, 3.05) is 39.3 Å². The standard InChI is InChI=1S/C16H28ClN3S/c1-14(2)12-20-9-7-19(8-10-20)6-4-3-5-16-18-15(11-17)13-21-16/h13-14H,3-12H2,1-2H3. The Balaban J connectivity index is 1.55. The number of unbranched alkanes of at least 4 members (excludes halogenated alkanes) is 1. The van der Waals surface area contributed by atoms with Crippen molar-refractivity contribution in [3.05, 3.63) is 16.1 Å². The molecule has 0 saturated carbocycles. The van der Waals surface area contributed by atoms with Gasteiger partial charge in [0.25, 0.3) is 0 Å². The Kier molecular flexibility index (Phi) is 7.44. The van der Waals surface area contributed by atoms with Crippen LogP contribution in [0.15, 0.2) is 5.38 Å². The first-order valence-corrected chi connectivity index (χ1v) is 9.52. The van der Waals surface area contributed by atoms with E-state index in [1.54, 1.807) is 11.3 Å². The lowest BCUT2D eigenvalue weighted by Gasteiger charge is -2.35. The summed E-state index contributed by atoms with van der Waals surface area (Å²) >= 11 is 7.53. The van der Waals surface area contributed by atoms with Crippen LogP contribution in [0.1, 0.15) is 37.4 Å². The second-order valence-electron chi connectivity index (χ2n) is 6.36. The van der Waals surface area contributed by atoms with Gasteiger partial charge in [0.2, 0.25) is 0 Å². The van der Waals surface area contributed by atoms with Gasteiger partial charge in [-0.15, -0.1) is 22.9 Å². The molecule has 21 heavy (non-hydrogen) atoms. The van der Waals surface area contributed by atoms with E-state index in [0.29, 0.717) is 5.88 Å². The van der Waals surface area contributed by atoms with Crippen molar-refractivity contribution >= 4 is 22.9 Å². The lowest BCUT2D eigenvalue weighted by molar-refractivity contribution is 0.121. The van der Waals surface area contributed by atoms with E-state index in [-0.39, 0.29) is 0 Å². The zero-order valence-electron chi connectivity index (χ0n) is 13.4. The molecule has 1 saturated heterocycles. The Morgan fingerprint density at radius 3 is 2.52 bits per heavy atom. The van der Waals surface area contributed by atoms with Gasteiger partial charge in [-0.05, 0) is 31.7 Å². The molecule has 120 valence electrons. The van der Waals surface area contributed by atoms with E-state index in [1.807, 2.05) is 0 Å². The molecule has 1 aliphatic heterocycles. The first kappa shape index (κ1) is 17.2. The van der Waals surface area contributed by atoms with Crippen LogP contribution in [0.5, 0.6) is 0 Å². The summed E-state index contributed by atoms with van der Waals surface area (Å²) in [6.45, 7) is 12.1. The molecule has 3 nitrogen and oxygen atoms in total. The average molecular weight is 330 g/mol. The number of nitrogens with zero attached hydrogens (tertiary/aromatic N) is 3. The van der Waals surface area contributed by atoms with Crippen LogP contribution in [0.3, 0.4) is 0 Å². The van der Waals surface area contributed by atoms with Crippen molar-refractivity contribution in [1.29, 1.82) is 0 Å². The largest absolute Gasteiger partial charge is 0.301 e. The molecule has 0 bridgehead atoms. The van der Waals surface area contributed by atoms with Gasteiger partial charge in [0.15, 0.2) is 0 Å². The van der Waals surface area contributed by atoms with Crippen LogP contribution >= 0.6 is 22.9 Å². The summed E-state index contributed by atoms with van der Waals surface area (Å²) in [5.74, 6) is 1.32. The lowest BCUT2D eigenvalue weighted by atomic mass is 10.2. The maximum Gasteiger partial charge on any atom is 0.0928 e. The molecule has 0 aliphatic carbocycles. The van der Waals surface area contributed by atoms with Crippen LogP contribution in [-0.4, -0.2) is 54.1 Å². The highest BCUT2D eigenvalue weighted by Gasteiger charge is 2.16. The van der Waals surface area contributed by atoms with E-state index in [4.69, 9.17) is 11.6 Å². The molecule has 0 atom stereocenters. The lowest BCUT2D eigenvalue weighted by Crippen LogP contribution is -2.47. The van der Waals surface area contributed by atoms with Crippen molar-refractivity contribution in [2.24, 2.45) is 5.92 Å². The van der Waals surface area contributed by atoms with Crippen molar-refractivity contribution in [2.45, 2.75) is 39.0 Å². The summed E-state index contributed by atoms with van der Waals surface area (Å²) < 4.78 is 0. The molecule has 1 aliphatic rings. The summed E-state index contributed by atoms with van der Waals surface area (Å²) in [5, 5.41) is 3.32. The number of hydrogen-bond acceptors (Lipinski definition) is 4. The second kappa shape index (κ2) is 9.09. The Labute approximate surface area is 138 Å². The number of rotatable bonds is 8. The number of hydrogen-bond donors (Lipinski definition) is 0. The summed E-state index contributed by atoms with van der Waals surface area (Å²) in [5.41, 5.74) is 1.03. The second-order valence-corrected chi connectivity index (χ2v) is 7.57. The highest BCUT2D eigenvalue weighted by Crippen LogP contribution is 2.14. The minimum absolute atomic E-state index is 0.539. The van der Waals surface area contributed by atoms with E-state index in [9.17, 15) is 0 Å². The summed E-state index contributed by atoms with van der Waals surface area (Å²) in [7, 11) is 0. The highest BCUT2D eigenvalue weighted by molar-refractivity contribution is 7.09. The Bertz CT molecular complexity index is 400. The fraction of sp³-hybridized carbons (Fsp3) is 0.812. The third-order valence-corrected chi connectivity index (χ3v) is 5.17. The van der Waals surface area contributed by atoms with E-state index in [2.05, 4.69) is 34.0 Å². The molecule has 2 rings (SSSR count).